The van der Waals surface area contributed by atoms with E-state index in [1.165, 1.54) is 12.8 Å². The van der Waals surface area contributed by atoms with E-state index in [1.54, 1.807) is 7.11 Å². The molecule has 0 bridgehead atoms. The van der Waals surface area contributed by atoms with E-state index in [2.05, 4.69) is 19.2 Å². The number of benzene rings is 1. The second kappa shape index (κ2) is 4.47. The summed E-state index contributed by atoms with van der Waals surface area (Å²) in [5, 5.41) is 3.47. The Morgan fingerprint density at radius 1 is 1.41 bits per heavy atom. The van der Waals surface area contributed by atoms with Gasteiger partial charge in [-0.15, -0.1) is 0 Å². The molecule has 0 unspecified atom stereocenters. The zero-order chi connectivity index (χ0) is 12.5. The number of ether oxygens (including phenoxy) is 1. The van der Waals surface area contributed by atoms with Gasteiger partial charge in [0.2, 0.25) is 0 Å². The molecule has 2 rings (SSSR count). The normalized spacial score (nSPS) is 16.9. The molecule has 0 spiro atoms. The summed E-state index contributed by atoms with van der Waals surface area (Å²) < 4.78 is 5.22. The van der Waals surface area contributed by atoms with Gasteiger partial charge in [-0.25, -0.2) is 0 Å². The van der Waals surface area contributed by atoms with Crippen LogP contribution in [0.3, 0.4) is 0 Å². The van der Waals surface area contributed by atoms with Crippen LogP contribution < -0.4 is 15.8 Å². The zero-order valence-corrected chi connectivity index (χ0v) is 10.9. The van der Waals surface area contributed by atoms with Gasteiger partial charge in [0.25, 0.3) is 0 Å². The molecule has 3 nitrogen and oxygen atoms in total. The predicted octanol–water partition coefficient (Wildman–Crippen LogP) is 3.13. The van der Waals surface area contributed by atoms with Gasteiger partial charge in [0.1, 0.15) is 5.75 Å². The van der Waals surface area contributed by atoms with Gasteiger partial charge >= 0.3 is 0 Å². The molecule has 3 heteroatoms. The maximum Gasteiger partial charge on any atom is 0.143 e. The summed E-state index contributed by atoms with van der Waals surface area (Å²) in [6.45, 7) is 5.59. The first kappa shape index (κ1) is 12.1. The average molecular weight is 234 g/mol. The van der Waals surface area contributed by atoms with E-state index in [0.29, 0.717) is 11.1 Å². The maximum atomic E-state index is 6.03. The fraction of sp³-hybridized carbons (Fsp3) is 0.571. The lowest BCUT2D eigenvalue weighted by molar-refractivity contribution is 0.380. The molecule has 3 N–H and O–H groups in total. The summed E-state index contributed by atoms with van der Waals surface area (Å²) in [6, 6.07) is 5.86. The van der Waals surface area contributed by atoms with Crippen molar-refractivity contribution in [2.24, 2.45) is 11.3 Å². The molecule has 1 saturated carbocycles. The lowest BCUT2D eigenvalue weighted by atomic mass is 9.92. The molecule has 0 radical (unpaired) electrons. The van der Waals surface area contributed by atoms with Crippen LogP contribution in [0.15, 0.2) is 18.2 Å². The summed E-state index contributed by atoms with van der Waals surface area (Å²) in [7, 11) is 1.64. The van der Waals surface area contributed by atoms with Crippen molar-refractivity contribution in [1.29, 1.82) is 0 Å². The molecule has 0 amide bonds. The topological polar surface area (TPSA) is 47.3 Å². The van der Waals surface area contributed by atoms with Gasteiger partial charge in [-0.3, -0.25) is 0 Å². The van der Waals surface area contributed by atoms with Crippen molar-refractivity contribution in [3.05, 3.63) is 18.2 Å². The average Bonchev–Trinajstić information content (AvgIpc) is 3.09. The lowest BCUT2D eigenvalue weighted by Gasteiger charge is -2.21. The first-order chi connectivity index (χ1) is 8.09. The Kier molecular flexibility index (Phi) is 3.18. The van der Waals surface area contributed by atoms with Crippen LogP contribution in [0.25, 0.3) is 0 Å². The van der Waals surface area contributed by atoms with E-state index in [9.17, 15) is 0 Å². The minimum absolute atomic E-state index is 0.482. The molecule has 1 aliphatic carbocycles. The number of nitrogen functional groups attached to an aromatic ring is 1. The molecule has 0 aliphatic heterocycles. The van der Waals surface area contributed by atoms with Crippen molar-refractivity contribution in [3.63, 3.8) is 0 Å². The largest absolute Gasteiger partial charge is 0.495 e. The van der Waals surface area contributed by atoms with Crippen LogP contribution in [0.4, 0.5) is 11.4 Å². The number of hydrogen-bond acceptors (Lipinski definition) is 3. The van der Waals surface area contributed by atoms with Crippen molar-refractivity contribution in [2.75, 3.05) is 24.7 Å². The van der Waals surface area contributed by atoms with Crippen LogP contribution in [0.2, 0.25) is 0 Å². The number of nitrogens with two attached hydrogens (primary N) is 1. The predicted molar refractivity (Wildman–Crippen MR) is 72.4 cm³/mol. The summed E-state index contributed by atoms with van der Waals surface area (Å²) in [6.07, 6.45) is 2.64. The van der Waals surface area contributed by atoms with Crippen molar-refractivity contribution < 1.29 is 4.74 Å². The van der Waals surface area contributed by atoms with Crippen LogP contribution >= 0.6 is 0 Å². The molecule has 1 fully saturated rings. The van der Waals surface area contributed by atoms with Crippen LogP contribution in [-0.4, -0.2) is 13.7 Å². The van der Waals surface area contributed by atoms with Gasteiger partial charge < -0.3 is 15.8 Å². The quantitative estimate of drug-likeness (QED) is 0.769. The van der Waals surface area contributed by atoms with Crippen LogP contribution in [0.5, 0.6) is 5.75 Å². The number of methoxy groups -OCH3 is 1. The molecule has 0 saturated heterocycles. The van der Waals surface area contributed by atoms with Crippen molar-refractivity contribution in [1.82, 2.24) is 0 Å². The van der Waals surface area contributed by atoms with E-state index in [0.717, 1.165) is 23.9 Å². The number of rotatable bonds is 5. The van der Waals surface area contributed by atoms with Gasteiger partial charge in [0.15, 0.2) is 0 Å². The minimum atomic E-state index is 0.482. The number of anilines is 2. The Morgan fingerprint density at radius 3 is 2.65 bits per heavy atom. The standard InChI is InChI=1S/C14H22N2O/c1-10(2)14(7-8-14)9-16-11-5-4-6-12(17-3)13(11)15/h4-6,10,16H,7-9,15H2,1-3H3. The Balaban J connectivity index is 2.05. The molecule has 0 atom stereocenters. The molecule has 0 aromatic heterocycles. The Bertz CT molecular complexity index is 397. The summed E-state index contributed by atoms with van der Waals surface area (Å²) in [4.78, 5) is 0. The third kappa shape index (κ3) is 2.33. The highest BCUT2D eigenvalue weighted by Gasteiger charge is 2.44. The molecular weight excluding hydrogens is 212 g/mol. The summed E-state index contributed by atoms with van der Waals surface area (Å²) in [5.41, 5.74) is 8.20. The SMILES string of the molecule is COc1cccc(NCC2(C(C)C)CC2)c1N. The highest BCUT2D eigenvalue weighted by atomic mass is 16.5. The number of nitrogens with one attached hydrogen (secondary N) is 1. The van der Waals surface area contributed by atoms with Gasteiger partial charge in [-0.05, 0) is 36.3 Å². The van der Waals surface area contributed by atoms with Crippen molar-refractivity contribution in [3.8, 4) is 5.75 Å². The smallest absolute Gasteiger partial charge is 0.143 e. The van der Waals surface area contributed by atoms with Gasteiger partial charge in [0.05, 0.1) is 18.5 Å². The second-order valence-corrected chi connectivity index (χ2v) is 5.29. The van der Waals surface area contributed by atoms with E-state index >= 15 is 0 Å². The number of para-hydroxylation sites is 1. The molecule has 1 aliphatic rings. The van der Waals surface area contributed by atoms with E-state index in [4.69, 9.17) is 10.5 Å². The van der Waals surface area contributed by atoms with E-state index < -0.39 is 0 Å². The summed E-state index contributed by atoms with van der Waals surface area (Å²) in [5.74, 6) is 1.46. The lowest BCUT2D eigenvalue weighted by Crippen LogP contribution is -2.21. The molecule has 0 heterocycles. The van der Waals surface area contributed by atoms with Crippen molar-refractivity contribution >= 4 is 11.4 Å². The fourth-order valence-corrected chi connectivity index (χ4v) is 2.27. The first-order valence-electron chi connectivity index (χ1n) is 6.25. The molecule has 17 heavy (non-hydrogen) atoms. The highest BCUT2D eigenvalue weighted by Crippen LogP contribution is 2.51. The fourth-order valence-electron chi connectivity index (χ4n) is 2.27. The maximum absolute atomic E-state index is 6.03. The Labute approximate surface area is 103 Å². The molecule has 94 valence electrons. The monoisotopic (exact) mass is 234 g/mol. The highest BCUT2D eigenvalue weighted by molar-refractivity contribution is 5.72. The molecular formula is C14H22N2O. The Morgan fingerprint density at radius 2 is 2.12 bits per heavy atom. The van der Waals surface area contributed by atoms with E-state index in [-0.39, 0.29) is 0 Å². The van der Waals surface area contributed by atoms with Crippen molar-refractivity contribution in [2.45, 2.75) is 26.7 Å². The zero-order valence-electron chi connectivity index (χ0n) is 10.9. The van der Waals surface area contributed by atoms with E-state index in [1.807, 2.05) is 18.2 Å². The minimum Gasteiger partial charge on any atom is -0.495 e. The van der Waals surface area contributed by atoms with Gasteiger partial charge in [-0.2, -0.15) is 0 Å². The third-order valence-corrected chi connectivity index (χ3v) is 4.03. The van der Waals surface area contributed by atoms with Crippen LogP contribution in [-0.2, 0) is 0 Å². The third-order valence-electron chi connectivity index (χ3n) is 4.03. The second-order valence-electron chi connectivity index (χ2n) is 5.29. The van der Waals surface area contributed by atoms with Gasteiger partial charge in [-0.1, -0.05) is 19.9 Å². The Hall–Kier alpha value is -1.38. The number of hydrogen-bond donors (Lipinski definition) is 2. The van der Waals surface area contributed by atoms with Crippen LogP contribution in [0.1, 0.15) is 26.7 Å². The first-order valence-corrected chi connectivity index (χ1v) is 6.25. The molecule has 1 aromatic carbocycles. The van der Waals surface area contributed by atoms with Gasteiger partial charge in [0, 0.05) is 6.54 Å². The van der Waals surface area contributed by atoms with Crippen LogP contribution in [0, 0.1) is 11.3 Å². The molecule has 1 aromatic rings. The summed E-state index contributed by atoms with van der Waals surface area (Å²) >= 11 is 0.